The fourth-order valence-corrected chi connectivity index (χ4v) is 6.25. The quantitative estimate of drug-likeness (QED) is 0.572. The number of amides is 2. The van der Waals surface area contributed by atoms with Crippen LogP contribution >= 0.6 is 11.6 Å². The van der Waals surface area contributed by atoms with Crippen LogP contribution in [0.25, 0.3) is 10.8 Å². The number of imide groups is 1. The fraction of sp³-hybridized carbons (Fsp3) is 0.250. The van der Waals surface area contributed by atoms with E-state index in [0.29, 0.717) is 36.9 Å². The Morgan fingerprint density at radius 2 is 1.55 bits per heavy atom. The van der Waals surface area contributed by atoms with Crippen LogP contribution in [0.2, 0.25) is 5.02 Å². The first-order valence-electron chi connectivity index (χ1n) is 10.8. The van der Waals surface area contributed by atoms with Crippen molar-refractivity contribution in [1.82, 2.24) is 4.31 Å². The summed E-state index contributed by atoms with van der Waals surface area (Å²) in [6.07, 6.45) is 0.119. The van der Waals surface area contributed by atoms with E-state index in [1.165, 1.54) is 9.21 Å². The molecular formula is C24H23ClN3O4S+. The van der Waals surface area contributed by atoms with Crippen LogP contribution in [-0.2, 0) is 19.6 Å². The number of quaternary nitrogens is 1. The molecule has 2 fully saturated rings. The predicted octanol–water partition coefficient (Wildman–Crippen LogP) is 1.71. The van der Waals surface area contributed by atoms with Gasteiger partial charge in [-0.2, -0.15) is 4.31 Å². The molecule has 2 saturated heterocycles. The van der Waals surface area contributed by atoms with Gasteiger partial charge < -0.3 is 4.90 Å². The molecule has 0 radical (unpaired) electrons. The monoisotopic (exact) mass is 484 g/mol. The average molecular weight is 485 g/mol. The molecule has 2 amide bonds. The van der Waals surface area contributed by atoms with E-state index >= 15 is 0 Å². The Labute approximate surface area is 197 Å². The summed E-state index contributed by atoms with van der Waals surface area (Å²) in [5.41, 5.74) is 0.508. The second-order valence-electron chi connectivity index (χ2n) is 8.37. The number of benzene rings is 3. The third-order valence-corrected chi connectivity index (χ3v) is 8.59. The van der Waals surface area contributed by atoms with Gasteiger partial charge in [0.05, 0.1) is 43.2 Å². The van der Waals surface area contributed by atoms with E-state index < -0.39 is 16.1 Å². The number of anilines is 1. The maximum Gasteiger partial charge on any atom is 0.292 e. The second-order valence-corrected chi connectivity index (χ2v) is 10.7. The lowest BCUT2D eigenvalue weighted by Crippen LogP contribution is -3.19. The number of hydrogen-bond donors (Lipinski definition) is 1. The smallest absolute Gasteiger partial charge is 0.292 e. The zero-order valence-electron chi connectivity index (χ0n) is 17.8. The molecule has 0 unspecified atom stereocenters. The molecule has 3 aromatic rings. The molecule has 0 aliphatic carbocycles. The minimum atomic E-state index is -3.64. The van der Waals surface area contributed by atoms with E-state index in [4.69, 9.17) is 11.6 Å². The van der Waals surface area contributed by atoms with Crippen LogP contribution in [0.15, 0.2) is 71.6 Å². The molecule has 2 heterocycles. The number of sulfonamides is 1. The molecule has 0 aromatic heterocycles. The molecule has 9 heteroatoms. The highest BCUT2D eigenvalue weighted by Crippen LogP contribution is 2.25. The summed E-state index contributed by atoms with van der Waals surface area (Å²) in [4.78, 5) is 28.1. The largest absolute Gasteiger partial charge is 0.322 e. The van der Waals surface area contributed by atoms with E-state index in [-0.39, 0.29) is 23.1 Å². The molecule has 1 atom stereocenters. The van der Waals surface area contributed by atoms with Crippen molar-refractivity contribution in [2.75, 3.05) is 31.1 Å². The van der Waals surface area contributed by atoms with E-state index in [2.05, 4.69) is 0 Å². The number of fused-ring (bicyclic) bond motifs is 1. The van der Waals surface area contributed by atoms with Gasteiger partial charge in [0, 0.05) is 5.02 Å². The first kappa shape index (κ1) is 22.0. The molecule has 33 heavy (non-hydrogen) atoms. The molecular weight excluding hydrogens is 462 g/mol. The molecule has 0 bridgehead atoms. The van der Waals surface area contributed by atoms with E-state index in [1.54, 1.807) is 36.4 Å². The molecule has 0 spiro atoms. The lowest BCUT2D eigenvalue weighted by atomic mass is 10.1. The van der Waals surface area contributed by atoms with Crippen LogP contribution in [-0.4, -0.2) is 56.8 Å². The summed E-state index contributed by atoms with van der Waals surface area (Å²) in [7, 11) is -3.64. The van der Waals surface area contributed by atoms with Gasteiger partial charge in [0.15, 0.2) is 6.04 Å². The van der Waals surface area contributed by atoms with Gasteiger partial charge in [-0.25, -0.2) is 13.3 Å². The summed E-state index contributed by atoms with van der Waals surface area (Å²) in [5.74, 6) is -0.491. The number of halogens is 1. The van der Waals surface area contributed by atoms with Gasteiger partial charge in [0.2, 0.25) is 15.9 Å². The number of rotatable bonds is 4. The minimum absolute atomic E-state index is 0.119. The fourth-order valence-electron chi connectivity index (χ4n) is 4.65. The van der Waals surface area contributed by atoms with Crippen molar-refractivity contribution in [2.24, 2.45) is 0 Å². The van der Waals surface area contributed by atoms with Gasteiger partial charge in [0.1, 0.15) is 0 Å². The Hall–Kier alpha value is -2.78. The molecule has 5 rings (SSSR count). The van der Waals surface area contributed by atoms with Crippen molar-refractivity contribution in [3.63, 3.8) is 0 Å². The highest BCUT2D eigenvalue weighted by Gasteiger charge is 2.47. The first-order chi connectivity index (χ1) is 15.8. The summed E-state index contributed by atoms with van der Waals surface area (Å²) in [5, 5.41) is 2.39. The van der Waals surface area contributed by atoms with Crippen LogP contribution < -0.4 is 9.80 Å². The van der Waals surface area contributed by atoms with Crippen molar-refractivity contribution in [1.29, 1.82) is 0 Å². The predicted molar refractivity (Wildman–Crippen MR) is 126 cm³/mol. The van der Waals surface area contributed by atoms with Gasteiger partial charge >= 0.3 is 0 Å². The van der Waals surface area contributed by atoms with Crippen molar-refractivity contribution in [3.8, 4) is 0 Å². The highest BCUT2D eigenvalue weighted by atomic mass is 35.5. The zero-order chi connectivity index (χ0) is 23.2. The van der Waals surface area contributed by atoms with Gasteiger partial charge in [-0.3, -0.25) is 9.59 Å². The van der Waals surface area contributed by atoms with Crippen molar-refractivity contribution >= 4 is 49.9 Å². The van der Waals surface area contributed by atoms with Gasteiger partial charge in [0.25, 0.3) is 5.91 Å². The van der Waals surface area contributed by atoms with Crippen LogP contribution in [0.4, 0.5) is 5.69 Å². The maximum atomic E-state index is 13.2. The van der Waals surface area contributed by atoms with E-state index in [0.717, 1.165) is 15.7 Å². The SMILES string of the molecule is O=C1C[C@H]([NH+]2CCN(S(=O)(=O)c3ccc4ccccc4c3)CC2)C(=O)N1c1ccc(Cl)cc1. The molecule has 2 aliphatic rings. The first-order valence-corrected chi connectivity index (χ1v) is 12.6. The highest BCUT2D eigenvalue weighted by molar-refractivity contribution is 7.89. The molecule has 7 nitrogen and oxygen atoms in total. The molecule has 1 N–H and O–H groups in total. The van der Waals surface area contributed by atoms with Crippen LogP contribution in [0.1, 0.15) is 6.42 Å². The standard InChI is InChI=1S/C24H22ClN3O4S/c25-19-6-8-20(9-7-19)28-23(29)16-22(24(28)30)26-11-13-27(14-12-26)33(31,32)21-10-5-17-3-1-2-4-18(17)15-21/h1-10,15,22H,11-14,16H2/p+1/t22-/m0/s1. The van der Waals surface area contributed by atoms with Crippen molar-refractivity contribution in [3.05, 3.63) is 71.8 Å². The van der Waals surface area contributed by atoms with Crippen molar-refractivity contribution in [2.45, 2.75) is 17.4 Å². The normalized spacial score (nSPS) is 20.6. The van der Waals surface area contributed by atoms with Gasteiger partial charge in [-0.05, 0) is 47.2 Å². The molecule has 0 saturated carbocycles. The van der Waals surface area contributed by atoms with E-state index in [1.807, 2.05) is 30.3 Å². The molecule has 3 aromatic carbocycles. The second kappa shape index (κ2) is 8.53. The lowest BCUT2D eigenvalue weighted by molar-refractivity contribution is -0.918. The summed E-state index contributed by atoms with van der Waals surface area (Å²) in [6, 6.07) is 18.9. The van der Waals surface area contributed by atoms with Crippen LogP contribution in [0, 0.1) is 0 Å². The Balaban J connectivity index is 1.29. The number of carbonyl (C=O) groups is 2. The lowest BCUT2D eigenvalue weighted by Gasteiger charge is -2.33. The molecule has 170 valence electrons. The summed E-state index contributed by atoms with van der Waals surface area (Å²) >= 11 is 5.92. The Morgan fingerprint density at radius 1 is 0.879 bits per heavy atom. The Bertz CT molecular complexity index is 1340. The molecule has 2 aliphatic heterocycles. The third-order valence-electron chi connectivity index (χ3n) is 6.45. The van der Waals surface area contributed by atoms with E-state index in [9.17, 15) is 18.0 Å². The number of nitrogens with one attached hydrogen (secondary N) is 1. The third kappa shape index (κ3) is 4.04. The number of hydrogen-bond acceptors (Lipinski definition) is 4. The maximum absolute atomic E-state index is 13.2. The average Bonchev–Trinajstić information content (AvgIpc) is 3.13. The number of carbonyl (C=O) groups excluding carboxylic acids is 2. The Kier molecular flexibility index (Phi) is 5.70. The minimum Gasteiger partial charge on any atom is -0.322 e. The zero-order valence-corrected chi connectivity index (χ0v) is 19.3. The Morgan fingerprint density at radius 3 is 2.24 bits per heavy atom. The number of nitrogens with zero attached hydrogens (tertiary/aromatic N) is 2. The van der Waals surface area contributed by atoms with Gasteiger partial charge in [-0.15, -0.1) is 0 Å². The van der Waals surface area contributed by atoms with Crippen molar-refractivity contribution < 1.29 is 22.9 Å². The topological polar surface area (TPSA) is 79.2 Å². The van der Waals surface area contributed by atoms with Crippen LogP contribution in [0.3, 0.4) is 0 Å². The van der Waals surface area contributed by atoms with Crippen LogP contribution in [0.5, 0.6) is 0 Å². The summed E-state index contributed by atoms with van der Waals surface area (Å²) in [6.45, 7) is 1.52. The summed E-state index contributed by atoms with van der Waals surface area (Å²) < 4.78 is 27.9. The number of piperazine rings is 1. The van der Waals surface area contributed by atoms with Gasteiger partial charge in [-0.1, -0.05) is 41.9 Å².